The Balaban J connectivity index is 1.89. The Kier molecular flexibility index (Phi) is 6.29. The highest BCUT2D eigenvalue weighted by molar-refractivity contribution is 6.00. The van der Waals surface area contributed by atoms with E-state index in [0.29, 0.717) is 48.0 Å². The van der Waals surface area contributed by atoms with Crippen LogP contribution in [-0.4, -0.2) is 60.6 Å². The minimum atomic E-state index is -0.405. The zero-order valence-corrected chi connectivity index (χ0v) is 19.6. The summed E-state index contributed by atoms with van der Waals surface area (Å²) >= 11 is 0. The van der Waals surface area contributed by atoms with Crippen LogP contribution in [0.2, 0.25) is 0 Å². The van der Waals surface area contributed by atoms with Crippen LogP contribution < -0.4 is 9.47 Å². The number of benzene rings is 2. The summed E-state index contributed by atoms with van der Waals surface area (Å²) in [4.78, 5) is 15.2. The topological polar surface area (TPSA) is 96.9 Å². The van der Waals surface area contributed by atoms with Gasteiger partial charge in [-0.05, 0) is 55.2 Å². The molecule has 174 valence electrons. The molecule has 2 aromatic carbocycles. The molecule has 0 aliphatic carbocycles. The molecule has 0 fully saturated rings. The van der Waals surface area contributed by atoms with Crippen LogP contribution in [0.4, 0.5) is 0 Å². The molecular weight excluding hydrogens is 422 g/mol. The van der Waals surface area contributed by atoms with Gasteiger partial charge in [0.2, 0.25) is 0 Å². The number of hydrogen-bond donors (Lipinski definition) is 2. The van der Waals surface area contributed by atoms with Crippen molar-refractivity contribution in [3.63, 3.8) is 0 Å². The molecule has 33 heavy (non-hydrogen) atoms. The average molecular weight is 452 g/mol. The summed E-state index contributed by atoms with van der Waals surface area (Å²) in [6.45, 7) is 4.87. The molecule has 1 aromatic heterocycles. The summed E-state index contributed by atoms with van der Waals surface area (Å²) in [5, 5.41) is 18.2. The lowest BCUT2D eigenvalue weighted by Crippen LogP contribution is -2.31. The molecule has 0 saturated carbocycles. The van der Waals surface area contributed by atoms with Crippen LogP contribution >= 0.6 is 0 Å². The van der Waals surface area contributed by atoms with E-state index in [2.05, 4.69) is 10.2 Å². The van der Waals surface area contributed by atoms with Crippen LogP contribution in [0.25, 0.3) is 11.3 Å². The highest BCUT2D eigenvalue weighted by Gasteiger charge is 2.42. The number of fused-ring (bicyclic) bond motifs is 1. The van der Waals surface area contributed by atoms with Gasteiger partial charge >= 0.3 is 0 Å². The van der Waals surface area contributed by atoms with Crippen LogP contribution in [0, 0.1) is 13.8 Å². The Morgan fingerprint density at radius 1 is 1.09 bits per heavy atom. The van der Waals surface area contributed by atoms with Gasteiger partial charge in [-0.1, -0.05) is 12.1 Å². The Morgan fingerprint density at radius 3 is 2.55 bits per heavy atom. The van der Waals surface area contributed by atoms with E-state index >= 15 is 0 Å². The molecule has 1 unspecified atom stereocenters. The minimum Gasteiger partial charge on any atom is -0.507 e. The van der Waals surface area contributed by atoms with Gasteiger partial charge in [-0.15, -0.1) is 0 Å². The summed E-state index contributed by atoms with van der Waals surface area (Å²) in [6.07, 6.45) is 0.688. The number of carbonyl (C=O) groups excluding carboxylic acids is 1. The molecule has 2 N–H and O–H groups in total. The lowest BCUT2D eigenvalue weighted by atomic mass is 9.94. The number of hydrogen-bond acceptors (Lipinski definition) is 6. The van der Waals surface area contributed by atoms with Gasteiger partial charge in [0, 0.05) is 31.4 Å². The number of aromatic nitrogens is 2. The van der Waals surface area contributed by atoms with Crippen LogP contribution in [0.1, 0.15) is 45.2 Å². The first kappa shape index (κ1) is 22.7. The van der Waals surface area contributed by atoms with Crippen molar-refractivity contribution in [1.29, 1.82) is 0 Å². The number of phenolic OH excluding ortho intramolecular Hbond substituents is 1. The number of rotatable bonds is 8. The number of amides is 1. The van der Waals surface area contributed by atoms with Gasteiger partial charge in [0.05, 0.1) is 20.3 Å². The molecule has 4 rings (SSSR count). The lowest BCUT2D eigenvalue weighted by Gasteiger charge is -2.27. The van der Waals surface area contributed by atoms with E-state index in [-0.39, 0.29) is 11.7 Å². The van der Waals surface area contributed by atoms with Crippen LogP contribution in [-0.2, 0) is 4.74 Å². The van der Waals surface area contributed by atoms with E-state index in [1.807, 2.05) is 49.1 Å². The number of aromatic hydroxyl groups is 1. The third-order valence-corrected chi connectivity index (χ3v) is 6.03. The molecule has 3 aromatic rings. The number of nitrogens with zero attached hydrogens (tertiary/aromatic N) is 2. The molecule has 0 radical (unpaired) electrons. The third kappa shape index (κ3) is 3.91. The van der Waals surface area contributed by atoms with E-state index in [9.17, 15) is 9.90 Å². The maximum Gasteiger partial charge on any atom is 0.273 e. The fraction of sp³-hybridized carbons (Fsp3) is 0.360. The van der Waals surface area contributed by atoms with E-state index in [0.717, 1.165) is 22.3 Å². The van der Waals surface area contributed by atoms with Crippen molar-refractivity contribution in [2.75, 3.05) is 34.5 Å². The maximum atomic E-state index is 13.4. The number of phenols is 1. The van der Waals surface area contributed by atoms with Crippen LogP contribution in [0.3, 0.4) is 0 Å². The van der Waals surface area contributed by atoms with E-state index < -0.39 is 6.04 Å². The maximum absolute atomic E-state index is 13.4. The number of H-pyrrole nitrogens is 1. The monoisotopic (exact) mass is 451 g/mol. The average Bonchev–Trinajstić information content (AvgIpc) is 3.35. The van der Waals surface area contributed by atoms with Crippen molar-refractivity contribution in [3.8, 4) is 28.5 Å². The number of carbonyl (C=O) groups is 1. The molecule has 0 spiro atoms. The van der Waals surface area contributed by atoms with Crippen LogP contribution in [0.5, 0.6) is 17.2 Å². The van der Waals surface area contributed by atoms with Crippen molar-refractivity contribution in [2.45, 2.75) is 26.3 Å². The second-order valence-electron chi connectivity index (χ2n) is 8.20. The number of ether oxygens (including phenoxy) is 3. The van der Waals surface area contributed by atoms with E-state index in [1.54, 1.807) is 21.3 Å². The fourth-order valence-corrected chi connectivity index (χ4v) is 4.52. The van der Waals surface area contributed by atoms with Crippen molar-refractivity contribution in [3.05, 3.63) is 58.3 Å². The first-order valence-electron chi connectivity index (χ1n) is 10.8. The van der Waals surface area contributed by atoms with Gasteiger partial charge in [0.15, 0.2) is 11.5 Å². The molecule has 1 atom stereocenters. The molecule has 8 heteroatoms. The lowest BCUT2D eigenvalue weighted by molar-refractivity contribution is 0.0723. The summed E-state index contributed by atoms with van der Waals surface area (Å²) in [6, 6.07) is 9.04. The Labute approximate surface area is 193 Å². The standard InChI is InChI=1S/C25H29N3O5/c1-14-11-15(2)24(29)17(12-14)21-20-22(27-26-21)25(30)28(9-6-10-31-3)23(20)16-7-8-18(32-4)19(13-16)33-5/h7-8,11-13,23,29H,6,9-10H2,1-5H3,(H,26,27). The molecule has 0 bridgehead atoms. The normalized spacial score (nSPS) is 15.1. The van der Waals surface area contributed by atoms with Gasteiger partial charge in [-0.2, -0.15) is 5.10 Å². The molecule has 0 saturated heterocycles. The summed E-state index contributed by atoms with van der Waals surface area (Å²) in [5.41, 5.74) is 4.96. The van der Waals surface area contributed by atoms with Gasteiger partial charge in [-0.25, -0.2) is 0 Å². The minimum absolute atomic E-state index is 0.136. The highest BCUT2D eigenvalue weighted by Crippen LogP contribution is 2.46. The Morgan fingerprint density at radius 2 is 1.85 bits per heavy atom. The van der Waals surface area contributed by atoms with Crippen molar-refractivity contribution in [2.24, 2.45) is 0 Å². The van der Waals surface area contributed by atoms with Gasteiger partial charge in [0.1, 0.15) is 17.1 Å². The van der Waals surface area contributed by atoms with Gasteiger partial charge in [-0.3, -0.25) is 9.89 Å². The third-order valence-electron chi connectivity index (χ3n) is 6.03. The Bertz CT molecular complexity index is 1190. The predicted octanol–water partition coefficient (Wildman–Crippen LogP) is 4.00. The van der Waals surface area contributed by atoms with Crippen molar-refractivity contribution < 1.29 is 24.1 Å². The first-order valence-corrected chi connectivity index (χ1v) is 10.8. The molecule has 1 amide bonds. The Hall–Kier alpha value is -3.52. The molecular formula is C25H29N3O5. The second kappa shape index (κ2) is 9.15. The summed E-state index contributed by atoms with van der Waals surface area (Å²) in [7, 11) is 4.81. The molecule has 1 aliphatic rings. The summed E-state index contributed by atoms with van der Waals surface area (Å²) < 4.78 is 16.1. The SMILES string of the molecule is COCCCN1C(=O)c2[nH]nc(-c3cc(C)cc(C)c3O)c2C1c1ccc(OC)c(OC)c1. The van der Waals surface area contributed by atoms with Crippen LogP contribution in [0.15, 0.2) is 30.3 Å². The van der Waals surface area contributed by atoms with E-state index in [4.69, 9.17) is 14.2 Å². The number of aryl methyl sites for hydroxylation is 2. The molecule has 2 heterocycles. The predicted molar refractivity (Wildman–Crippen MR) is 124 cm³/mol. The zero-order valence-electron chi connectivity index (χ0n) is 19.6. The summed E-state index contributed by atoms with van der Waals surface area (Å²) in [5.74, 6) is 1.21. The number of nitrogens with one attached hydrogen (secondary N) is 1. The van der Waals surface area contributed by atoms with E-state index in [1.165, 1.54) is 0 Å². The molecule has 1 aliphatic heterocycles. The fourth-order valence-electron chi connectivity index (χ4n) is 4.52. The zero-order chi connectivity index (χ0) is 23.7. The highest BCUT2D eigenvalue weighted by atomic mass is 16.5. The number of aromatic amines is 1. The molecule has 8 nitrogen and oxygen atoms in total. The van der Waals surface area contributed by atoms with Crippen molar-refractivity contribution in [1.82, 2.24) is 15.1 Å². The second-order valence-corrected chi connectivity index (χ2v) is 8.20. The van der Waals surface area contributed by atoms with Gasteiger partial charge < -0.3 is 24.2 Å². The largest absolute Gasteiger partial charge is 0.507 e. The smallest absolute Gasteiger partial charge is 0.273 e. The van der Waals surface area contributed by atoms with Crippen molar-refractivity contribution >= 4 is 5.91 Å². The first-order chi connectivity index (χ1) is 15.9. The number of methoxy groups -OCH3 is 3. The quantitative estimate of drug-likeness (QED) is 0.503. The van der Waals surface area contributed by atoms with Gasteiger partial charge in [0.25, 0.3) is 5.91 Å².